The molecule has 0 aliphatic heterocycles. The maximum absolute atomic E-state index is 12.1. The monoisotopic (exact) mass is 408 g/mol. The summed E-state index contributed by atoms with van der Waals surface area (Å²) in [5.74, 6) is 0.176. The minimum Gasteiger partial charge on any atom is -0.488 e. The molecule has 0 saturated carbocycles. The molecule has 114 valence electrons. The number of hydrogen-bond donors (Lipinski definition) is 0. The van der Waals surface area contributed by atoms with Crippen LogP contribution in [0.1, 0.15) is 21.5 Å². The Morgan fingerprint density at radius 1 is 1.14 bits per heavy atom. The predicted octanol–water partition coefficient (Wildman–Crippen LogP) is 4.54. The van der Waals surface area contributed by atoms with E-state index in [0.717, 1.165) is 11.1 Å². The minimum absolute atomic E-state index is 0.375. The van der Waals surface area contributed by atoms with Crippen molar-refractivity contribution in [2.45, 2.75) is 13.0 Å². The number of rotatable bonds is 6. The van der Waals surface area contributed by atoms with Crippen molar-refractivity contribution < 1.29 is 14.3 Å². The van der Waals surface area contributed by atoms with Crippen LogP contribution in [-0.2, 0) is 17.8 Å². The summed E-state index contributed by atoms with van der Waals surface area (Å²) in [7, 11) is 1.38. The molecule has 22 heavy (non-hydrogen) atoms. The van der Waals surface area contributed by atoms with Gasteiger partial charge in [-0.05, 0) is 27.7 Å². The lowest BCUT2D eigenvalue weighted by molar-refractivity contribution is 0.0594. The van der Waals surface area contributed by atoms with Gasteiger partial charge in [-0.3, -0.25) is 0 Å². The molecule has 0 fully saturated rings. The van der Waals surface area contributed by atoms with E-state index in [-0.39, 0.29) is 5.97 Å². The number of carbonyl (C=O) groups is 1. The van der Waals surface area contributed by atoms with Crippen LogP contribution in [0.4, 0.5) is 0 Å². The first-order valence-electron chi connectivity index (χ1n) is 6.88. The highest BCUT2D eigenvalue weighted by Crippen LogP contribution is 2.25. The van der Waals surface area contributed by atoms with Gasteiger partial charge in [-0.25, -0.2) is 4.79 Å². The number of ether oxygens (including phenoxy) is 2. The first-order chi connectivity index (χ1) is 10.8. The lowest BCUT2D eigenvalue weighted by Gasteiger charge is -2.13. The zero-order valence-electron chi connectivity index (χ0n) is 12.3. The van der Waals surface area contributed by atoms with E-state index in [2.05, 4.69) is 22.6 Å². The molecular weight excluding hydrogens is 391 g/mol. The number of allylic oxidation sites excluding steroid dienone is 1. The molecule has 0 atom stereocenters. The number of carbonyl (C=O) groups excluding carboxylic acids is 1. The van der Waals surface area contributed by atoms with Crippen LogP contribution >= 0.6 is 22.6 Å². The highest BCUT2D eigenvalue weighted by atomic mass is 127. The summed E-state index contributed by atoms with van der Waals surface area (Å²) in [6, 6.07) is 15.5. The van der Waals surface area contributed by atoms with Crippen molar-refractivity contribution in [3.8, 4) is 5.75 Å². The maximum Gasteiger partial charge on any atom is 0.341 e. The molecule has 0 radical (unpaired) electrons. The van der Waals surface area contributed by atoms with Crippen LogP contribution in [0, 0.1) is 0 Å². The molecule has 2 aromatic carbocycles. The number of hydrogen-bond acceptors (Lipinski definition) is 3. The van der Waals surface area contributed by atoms with E-state index >= 15 is 0 Å². The van der Waals surface area contributed by atoms with Gasteiger partial charge in [0, 0.05) is 0 Å². The summed E-state index contributed by atoms with van der Waals surface area (Å²) in [5.41, 5.74) is 2.44. The largest absolute Gasteiger partial charge is 0.488 e. The molecule has 4 heteroatoms. The Bertz CT molecular complexity index is 651. The first kappa shape index (κ1) is 16.5. The van der Waals surface area contributed by atoms with E-state index < -0.39 is 0 Å². The van der Waals surface area contributed by atoms with Crippen LogP contribution < -0.4 is 4.74 Å². The predicted molar refractivity (Wildman–Crippen MR) is 95.4 cm³/mol. The molecule has 0 aliphatic rings. The molecule has 2 aromatic rings. The van der Waals surface area contributed by atoms with Crippen molar-refractivity contribution in [3.63, 3.8) is 0 Å². The number of esters is 1. The van der Waals surface area contributed by atoms with Crippen molar-refractivity contribution in [2.75, 3.05) is 7.11 Å². The molecule has 0 aromatic heterocycles. The quantitative estimate of drug-likeness (QED) is 0.520. The van der Waals surface area contributed by atoms with E-state index in [1.807, 2.05) is 52.6 Å². The Morgan fingerprint density at radius 3 is 2.59 bits per heavy atom. The number of methoxy groups -OCH3 is 1. The van der Waals surface area contributed by atoms with Crippen LogP contribution in [-0.4, -0.2) is 13.1 Å². The van der Waals surface area contributed by atoms with E-state index in [1.54, 1.807) is 6.07 Å². The molecule has 0 bridgehead atoms. The van der Waals surface area contributed by atoms with Gasteiger partial charge in [-0.2, -0.15) is 0 Å². The second-order valence-electron chi connectivity index (χ2n) is 4.62. The Kier molecular flexibility index (Phi) is 6.45. The highest BCUT2D eigenvalue weighted by molar-refractivity contribution is 14.1. The summed E-state index contributed by atoms with van der Waals surface area (Å²) in [4.78, 5) is 12.1. The number of halogens is 1. The van der Waals surface area contributed by atoms with E-state index in [4.69, 9.17) is 9.47 Å². The Labute approximate surface area is 144 Å². The number of benzene rings is 2. The van der Waals surface area contributed by atoms with Crippen molar-refractivity contribution in [2.24, 2.45) is 0 Å². The summed E-state index contributed by atoms with van der Waals surface area (Å²) in [6.45, 7) is 0.413. The van der Waals surface area contributed by atoms with Gasteiger partial charge in [0.25, 0.3) is 0 Å². The Hall–Kier alpha value is -1.82. The minimum atomic E-state index is -0.375. The van der Waals surface area contributed by atoms with E-state index in [0.29, 0.717) is 24.3 Å². The Balaban J connectivity index is 2.27. The first-order valence-corrected chi connectivity index (χ1v) is 8.13. The van der Waals surface area contributed by atoms with Crippen LogP contribution in [0.2, 0.25) is 0 Å². The zero-order valence-corrected chi connectivity index (χ0v) is 14.4. The normalized spacial score (nSPS) is 10.6. The Morgan fingerprint density at radius 2 is 1.91 bits per heavy atom. The van der Waals surface area contributed by atoms with Gasteiger partial charge in [0.2, 0.25) is 0 Å². The fraction of sp³-hybridized carbons (Fsp3) is 0.167. The topological polar surface area (TPSA) is 35.5 Å². The van der Waals surface area contributed by atoms with Crippen molar-refractivity contribution in [3.05, 3.63) is 75.4 Å². The van der Waals surface area contributed by atoms with Crippen molar-refractivity contribution >= 4 is 28.6 Å². The molecule has 0 N–H and O–H groups in total. The third-order valence-corrected chi connectivity index (χ3v) is 3.67. The standard InChI is InChI=1S/C18H17IO3/c1-21-18(20)17-15(10-6-12-19)9-5-11-16(17)22-13-14-7-3-2-4-8-14/h2-9,11-12H,10,13H2,1H3/b12-6+. The lowest BCUT2D eigenvalue weighted by Crippen LogP contribution is -2.09. The van der Waals surface area contributed by atoms with Gasteiger partial charge >= 0.3 is 5.97 Å². The summed E-state index contributed by atoms with van der Waals surface area (Å²) >= 11 is 2.16. The second-order valence-corrected chi connectivity index (χ2v) is 5.34. The van der Waals surface area contributed by atoms with Gasteiger partial charge in [-0.1, -0.05) is 71.1 Å². The summed E-state index contributed by atoms with van der Waals surface area (Å²) < 4.78 is 12.7. The fourth-order valence-electron chi connectivity index (χ4n) is 2.11. The van der Waals surface area contributed by atoms with Gasteiger partial charge in [0.05, 0.1) is 7.11 Å². The fourth-order valence-corrected chi connectivity index (χ4v) is 2.36. The summed E-state index contributed by atoms with van der Waals surface area (Å²) in [6.07, 6.45) is 2.65. The third kappa shape index (κ3) is 4.34. The molecule has 3 nitrogen and oxygen atoms in total. The lowest BCUT2D eigenvalue weighted by atomic mass is 10.0. The van der Waals surface area contributed by atoms with Crippen LogP contribution in [0.3, 0.4) is 0 Å². The van der Waals surface area contributed by atoms with Crippen LogP contribution in [0.5, 0.6) is 5.75 Å². The van der Waals surface area contributed by atoms with Gasteiger partial charge in [0.15, 0.2) is 0 Å². The molecule has 0 unspecified atom stereocenters. The average molecular weight is 408 g/mol. The molecule has 2 rings (SSSR count). The SMILES string of the molecule is COC(=O)c1c(C/C=C/I)cccc1OCc1ccccc1. The van der Waals surface area contributed by atoms with Gasteiger partial charge < -0.3 is 9.47 Å². The van der Waals surface area contributed by atoms with Crippen LogP contribution in [0.25, 0.3) is 0 Å². The molecule has 0 heterocycles. The van der Waals surface area contributed by atoms with E-state index in [9.17, 15) is 4.79 Å². The average Bonchev–Trinajstić information content (AvgIpc) is 2.58. The van der Waals surface area contributed by atoms with Gasteiger partial charge in [-0.15, -0.1) is 0 Å². The van der Waals surface area contributed by atoms with Crippen molar-refractivity contribution in [1.29, 1.82) is 0 Å². The molecule has 0 spiro atoms. The summed E-state index contributed by atoms with van der Waals surface area (Å²) in [5, 5.41) is 0. The third-order valence-electron chi connectivity index (χ3n) is 3.17. The molecular formula is C18H17IO3. The maximum atomic E-state index is 12.1. The molecule has 0 aliphatic carbocycles. The smallest absolute Gasteiger partial charge is 0.341 e. The zero-order chi connectivity index (χ0) is 15.8. The second kappa shape index (κ2) is 8.58. The molecule has 0 saturated heterocycles. The van der Waals surface area contributed by atoms with Crippen molar-refractivity contribution in [1.82, 2.24) is 0 Å². The van der Waals surface area contributed by atoms with Crippen LogP contribution in [0.15, 0.2) is 58.7 Å². The van der Waals surface area contributed by atoms with Gasteiger partial charge in [0.1, 0.15) is 17.9 Å². The molecule has 0 amide bonds. The van der Waals surface area contributed by atoms with E-state index in [1.165, 1.54) is 7.11 Å². The highest BCUT2D eigenvalue weighted by Gasteiger charge is 2.17.